The fourth-order valence-electron chi connectivity index (χ4n) is 5.39. The molecule has 164 valence electrons. The quantitative estimate of drug-likeness (QED) is 0.389. The lowest BCUT2D eigenvalue weighted by atomic mass is 10.1. The number of nitrogens with zero attached hydrogens (tertiary/aromatic N) is 1. The summed E-state index contributed by atoms with van der Waals surface area (Å²) in [5.41, 5.74) is 13.6. The SMILES string of the molecule is CC1=c2ccc([nH]2)=C(C)c2cc(C)c([nH]2)C(C)=c2c(C)c(C)c(n2C)=C(C)c2ccc1[nH]2. The Morgan fingerprint density at radius 3 is 1.72 bits per heavy atom. The minimum absolute atomic E-state index is 1.14. The maximum atomic E-state index is 3.73. The van der Waals surface area contributed by atoms with Gasteiger partial charge < -0.3 is 19.5 Å². The number of H-pyrrole nitrogens is 3. The van der Waals surface area contributed by atoms with Crippen LogP contribution in [0.25, 0.3) is 22.3 Å². The topological polar surface area (TPSA) is 52.3 Å². The lowest BCUT2D eigenvalue weighted by Gasteiger charge is -2.06. The summed E-state index contributed by atoms with van der Waals surface area (Å²) in [6, 6.07) is 11.0. The molecule has 0 saturated heterocycles. The third kappa shape index (κ3) is 2.82. The summed E-state index contributed by atoms with van der Waals surface area (Å²) in [6.45, 7) is 15.5. The van der Waals surface area contributed by atoms with E-state index in [0.717, 1.165) is 27.8 Å². The van der Waals surface area contributed by atoms with E-state index in [9.17, 15) is 0 Å². The van der Waals surface area contributed by atoms with E-state index in [0.29, 0.717) is 0 Å². The van der Waals surface area contributed by atoms with Gasteiger partial charge >= 0.3 is 0 Å². The molecular weight excluding hydrogens is 392 g/mol. The summed E-state index contributed by atoms with van der Waals surface area (Å²) < 4.78 is 2.37. The smallest absolute Gasteiger partial charge is 0.0492 e. The van der Waals surface area contributed by atoms with Crippen LogP contribution in [0.1, 0.15) is 67.2 Å². The van der Waals surface area contributed by atoms with Gasteiger partial charge in [-0.3, -0.25) is 0 Å². The molecule has 0 aliphatic carbocycles. The summed E-state index contributed by atoms with van der Waals surface area (Å²) in [5, 5.41) is 4.84. The van der Waals surface area contributed by atoms with Crippen molar-refractivity contribution in [1.82, 2.24) is 19.5 Å². The average Bonchev–Trinajstić information content (AvgIpc) is 3.53. The molecule has 4 heteroatoms. The van der Waals surface area contributed by atoms with Gasteiger partial charge in [-0.05, 0) is 118 Å². The van der Waals surface area contributed by atoms with Crippen LogP contribution >= 0.6 is 0 Å². The average molecular weight is 425 g/mol. The van der Waals surface area contributed by atoms with Crippen molar-refractivity contribution < 1.29 is 0 Å². The molecule has 4 nitrogen and oxygen atoms in total. The Balaban J connectivity index is 2.01. The van der Waals surface area contributed by atoms with Crippen LogP contribution in [0.4, 0.5) is 0 Å². The molecule has 0 spiro atoms. The Morgan fingerprint density at radius 1 is 0.562 bits per heavy atom. The first-order valence-corrected chi connectivity index (χ1v) is 11.3. The monoisotopic (exact) mass is 424 g/mol. The Labute approximate surface area is 188 Å². The second-order valence-corrected chi connectivity index (χ2v) is 9.32. The van der Waals surface area contributed by atoms with E-state index < -0.39 is 0 Å². The van der Waals surface area contributed by atoms with E-state index in [1.54, 1.807) is 0 Å². The van der Waals surface area contributed by atoms with Crippen molar-refractivity contribution >= 4 is 22.3 Å². The molecule has 1 aliphatic rings. The Morgan fingerprint density at radius 2 is 1.09 bits per heavy atom. The normalized spacial score (nSPS) is 14.0. The fourth-order valence-corrected chi connectivity index (χ4v) is 5.39. The van der Waals surface area contributed by atoms with Crippen molar-refractivity contribution in [2.75, 3.05) is 0 Å². The fraction of sp³-hybridized carbons (Fsp3) is 0.286. The number of rotatable bonds is 0. The van der Waals surface area contributed by atoms with Crippen molar-refractivity contribution in [2.45, 2.75) is 48.5 Å². The van der Waals surface area contributed by atoms with Gasteiger partial charge in [-0.2, -0.15) is 0 Å². The Bertz CT molecular complexity index is 1640. The Kier molecular flexibility index (Phi) is 4.52. The van der Waals surface area contributed by atoms with Crippen molar-refractivity contribution in [3.05, 3.63) is 91.2 Å². The zero-order valence-electron chi connectivity index (χ0n) is 20.3. The molecule has 5 rings (SSSR count). The van der Waals surface area contributed by atoms with Crippen LogP contribution in [0.2, 0.25) is 0 Å². The highest BCUT2D eigenvalue weighted by molar-refractivity contribution is 5.71. The van der Waals surface area contributed by atoms with Crippen molar-refractivity contribution in [3.8, 4) is 0 Å². The van der Waals surface area contributed by atoms with E-state index in [1.165, 1.54) is 55.4 Å². The van der Waals surface area contributed by atoms with E-state index in [4.69, 9.17) is 0 Å². The largest absolute Gasteiger partial charge is 0.355 e. The molecule has 0 radical (unpaired) electrons. The third-order valence-electron chi connectivity index (χ3n) is 7.44. The van der Waals surface area contributed by atoms with Crippen LogP contribution in [-0.2, 0) is 7.05 Å². The molecule has 0 fully saturated rings. The number of aromatic nitrogens is 4. The highest BCUT2D eigenvalue weighted by Gasteiger charge is 2.16. The van der Waals surface area contributed by atoms with Gasteiger partial charge in [0.15, 0.2) is 0 Å². The van der Waals surface area contributed by atoms with Gasteiger partial charge in [0.25, 0.3) is 0 Å². The lowest BCUT2D eigenvalue weighted by molar-refractivity contribution is 0.843. The van der Waals surface area contributed by atoms with Crippen LogP contribution in [-0.4, -0.2) is 19.5 Å². The highest BCUT2D eigenvalue weighted by atomic mass is 14.9. The number of hydrogen-bond acceptors (Lipinski definition) is 0. The van der Waals surface area contributed by atoms with Crippen molar-refractivity contribution in [1.29, 1.82) is 0 Å². The van der Waals surface area contributed by atoms with Gasteiger partial charge in [-0.15, -0.1) is 0 Å². The van der Waals surface area contributed by atoms with Gasteiger partial charge in [0.05, 0.1) is 0 Å². The number of aryl methyl sites for hydroxylation is 1. The van der Waals surface area contributed by atoms with Gasteiger partial charge in [0, 0.05) is 51.2 Å². The van der Waals surface area contributed by atoms with Crippen molar-refractivity contribution in [3.63, 3.8) is 0 Å². The predicted octanol–water partition coefficient (Wildman–Crippen LogP) is 3.12. The molecule has 5 heterocycles. The van der Waals surface area contributed by atoms with E-state index in [-0.39, 0.29) is 0 Å². The standard InChI is InChI=1S/C28H32N4/c1-14-13-25-18(5)23-10-9-21(29-23)17(4)22-11-12-24(30-22)19(6)27-15(2)16(3)28(32(27)8)20(7)26(14)31-25/h9-13,29-31H,1-8H3. The molecule has 3 N–H and O–H groups in total. The molecule has 8 bridgehead atoms. The third-order valence-corrected chi connectivity index (χ3v) is 7.44. The molecule has 0 unspecified atom stereocenters. The first kappa shape index (κ1) is 20.5. The van der Waals surface area contributed by atoms with Gasteiger partial charge in [0.2, 0.25) is 0 Å². The first-order valence-electron chi connectivity index (χ1n) is 11.3. The molecule has 0 saturated carbocycles. The molecule has 4 aromatic rings. The summed E-state index contributed by atoms with van der Waals surface area (Å²) in [4.78, 5) is 11.0. The minimum atomic E-state index is 1.14. The number of aromatic amines is 3. The molecular formula is C28H32N4. The molecule has 4 aromatic heterocycles. The molecule has 1 aliphatic heterocycles. The second-order valence-electron chi connectivity index (χ2n) is 9.32. The van der Waals surface area contributed by atoms with Gasteiger partial charge in [-0.1, -0.05) is 0 Å². The zero-order chi connectivity index (χ0) is 22.9. The van der Waals surface area contributed by atoms with Gasteiger partial charge in [-0.25, -0.2) is 0 Å². The maximum absolute atomic E-state index is 3.73. The van der Waals surface area contributed by atoms with Crippen LogP contribution < -0.4 is 21.4 Å². The summed E-state index contributed by atoms with van der Waals surface area (Å²) in [5.74, 6) is 0. The van der Waals surface area contributed by atoms with Crippen LogP contribution in [0.3, 0.4) is 0 Å². The van der Waals surface area contributed by atoms with E-state index in [2.05, 4.69) is 105 Å². The maximum Gasteiger partial charge on any atom is 0.0492 e. The summed E-state index contributed by atoms with van der Waals surface area (Å²) in [7, 11) is 2.19. The first-order chi connectivity index (χ1) is 15.2. The second kappa shape index (κ2) is 7.06. The predicted molar refractivity (Wildman–Crippen MR) is 133 cm³/mol. The van der Waals surface area contributed by atoms with Crippen LogP contribution in [0.5, 0.6) is 0 Å². The molecule has 0 aromatic carbocycles. The van der Waals surface area contributed by atoms with Crippen LogP contribution in [0.15, 0.2) is 30.3 Å². The Hall–Kier alpha value is -3.40. The molecule has 0 amide bonds. The summed E-state index contributed by atoms with van der Waals surface area (Å²) >= 11 is 0. The molecule has 32 heavy (non-hydrogen) atoms. The van der Waals surface area contributed by atoms with E-state index >= 15 is 0 Å². The lowest BCUT2D eigenvalue weighted by Crippen LogP contribution is -2.28. The summed E-state index contributed by atoms with van der Waals surface area (Å²) in [6.07, 6.45) is 0. The van der Waals surface area contributed by atoms with Crippen LogP contribution in [0, 0.1) is 20.8 Å². The minimum Gasteiger partial charge on any atom is -0.355 e. The van der Waals surface area contributed by atoms with Gasteiger partial charge in [0.1, 0.15) is 0 Å². The number of nitrogens with one attached hydrogen (secondary N) is 3. The number of hydrogen-bond donors (Lipinski definition) is 3. The molecule has 0 atom stereocenters. The number of fused-ring (bicyclic) bond motifs is 8. The highest BCUT2D eigenvalue weighted by Crippen LogP contribution is 2.21. The van der Waals surface area contributed by atoms with E-state index in [1.807, 2.05) is 0 Å². The zero-order valence-corrected chi connectivity index (χ0v) is 20.3. The van der Waals surface area contributed by atoms with Crippen molar-refractivity contribution in [2.24, 2.45) is 7.05 Å².